The van der Waals surface area contributed by atoms with Gasteiger partial charge in [-0.25, -0.2) is 4.39 Å². The first-order valence-electron chi connectivity index (χ1n) is 13.6. The van der Waals surface area contributed by atoms with Crippen LogP contribution in [0.3, 0.4) is 0 Å². The molecule has 40 heavy (non-hydrogen) atoms. The van der Waals surface area contributed by atoms with E-state index in [1.54, 1.807) is 26.8 Å². The predicted octanol–water partition coefficient (Wildman–Crippen LogP) is 3.51. The first-order chi connectivity index (χ1) is 18.9. The Morgan fingerprint density at radius 2 is 1.95 bits per heavy atom. The molecule has 0 radical (unpaired) electrons. The van der Waals surface area contributed by atoms with Crippen LogP contribution in [0.4, 0.5) is 15.8 Å². The maximum absolute atomic E-state index is 14.1. The van der Waals surface area contributed by atoms with Crippen molar-refractivity contribution in [2.45, 2.75) is 77.0 Å². The zero-order valence-electron chi connectivity index (χ0n) is 23.1. The van der Waals surface area contributed by atoms with E-state index in [1.807, 2.05) is 4.90 Å². The van der Waals surface area contributed by atoms with Gasteiger partial charge in [-0.2, -0.15) is 0 Å². The maximum Gasteiger partial charge on any atom is 0.274 e. The van der Waals surface area contributed by atoms with Crippen LogP contribution in [0, 0.1) is 18.2 Å². The first-order valence-corrected chi connectivity index (χ1v) is 14.1. The van der Waals surface area contributed by atoms with E-state index in [4.69, 9.17) is 16.1 Å². The standard InChI is InChI=1S/C28H37ClFN5O5/c1-17-13-21(34-40-17)24(37)33-28(10-5-4-6-11-28)26(39)31-19-9-12-35(15-23(19)36)22-8-7-18(30)14-20(22)32-25(38)27(2,3)16-29/h7-8,13-14,19,23,36H,4-6,9-12,15-16H2,1-3H3,(H,31,39)(H,32,38)(H,33,37). The van der Waals surface area contributed by atoms with Gasteiger partial charge in [-0.15, -0.1) is 11.6 Å². The molecule has 2 aromatic rings. The number of amides is 3. The van der Waals surface area contributed by atoms with Crippen LogP contribution in [-0.4, -0.2) is 64.6 Å². The van der Waals surface area contributed by atoms with Gasteiger partial charge in [0, 0.05) is 25.0 Å². The summed E-state index contributed by atoms with van der Waals surface area (Å²) in [7, 11) is 0. The number of anilines is 2. The molecule has 3 amide bonds. The van der Waals surface area contributed by atoms with Gasteiger partial charge in [0.1, 0.15) is 17.1 Å². The number of benzene rings is 1. The number of β-amino-alcohol motifs (C(OH)–C–C–N with tert-alkyl or cyclic N) is 1. The lowest BCUT2D eigenvalue weighted by Gasteiger charge is -2.41. The quantitative estimate of drug-likeness (QED) is 0.352. The summed E-state index contributed by atoms with van der Waals surface area (Å²) in [6.07, 6.45) is 2.95. The number of aliphatic hydroxyl groups excluding tert-OH is 1. The fourth-order valence-corrected chi connectivity index (χ4v) is 5.30. The van der Waals surface area contributed by atoms with E-state index in [9.17, 15) is 23.9 Å². The average molecular weight is 578 g/mol. The third-order valence-electron chi connectivity index (χ3n) is 7.75. The number of aliphatic hydroxyl groups is 1. The second-order valence-corrected chi connectivity index (χ2v) is 11.7. The molecule has 1 saturated carbocycles. The molecule has 12 heteroatoms. The van der Waals surface area contributed by atoms with E-state index < -0.39 is 34.8 Å². The molecular weight excluding hydrogens is 541 g/mol. The Balaban J connectivity index is 1.45. The Hall–Kier alpha value is -3.18. The SMILES string of the molecule is Cc1cc(C(=O)NC2(C(=O)NC3CCN(c4ccc(F)cc4NC(=O)C(C)(C)CCl)CC3O)CCCCC2)no1. The van der Waals surface area contributed by atoms with Crippen molar-refractivity contribution in [1.82, 2.24) is 15.8 Å². The third kappa shape index (κ3) is 6.58. The minimum absolute atomic E-state index is 0.0907. The van der Waals surface area contributed by atoms with Crippen LogP contribution in [0.5, 0.6) is 0 Å². The number of hydrogen-bond donors (Lipinski definition) is 4. The summed E-state index contributed by atoms with van der Waals surface area (Å²) in [6.45, 7) is 5.66. The number of carbonyl (C=O) groups excluding carboxylic acids is 3. The largest absolute Gasteiger partial charge is 0.389 e. The van der Waals surface area contributed by atoms with Gasteiger partial charge in [0.2, 0.25) is 11.8 Å². The molecule has 2 fully saturated rings. The smallest absolute Gasteiger partial charge is 0.274 e. The van der Waals surface area contributed by atoms with Crippen molar-refractivity contribution < 1.29 is 28.4 Å². The highest BCUT2D eigenvalue weighted by atomic mass is 35.5. The van der Waals surface area contributed by atoms with Crippen molar-refractivity contribution in [3.8, 4) is 0 Å². The monoisotopic (exact) mass is 577 g/mol. The number of carbonyl (C=O) groups is 3. The second kappa shape index (κ2) is 12.1. The van der Waals surface area contributed by atoms with Gasteiger partial charge in [-0.1, -0.05) is 24.4 Å². The third-order valence-corrected chi connectivity index (χ3v) is 8.42. The highest BCUT2D eigenvalue weighted by Gasteiger charge is 2.43. The van der Waals surface area contributed by atoms with Gasteiger partial charge in [0.05, 0.1) is 28.9 Å². The van der Waals surface area contributed by atoms with Gasteiger partial charge in [0.25, 0.3) is 5.91 Å². The summed E-state index contributed by atoms with van der Waals surface area (Å²) in [5, 5.41) is 23.5. The lowest BCUT2D eigenvalue weighted by atomic mass is 9.80. The van der Waals surface area contributed by atoms with E-state index in [-0.39, 0.29) is 35.6 Å². The molecule has 2 aliphatic rings. The predicted molar refractivity (Wildman–Crippen MR) is 149 cm³/mol. The molecule has 0 bridgehead atoms. The highest BCUT2D eigenvalue weighted by molar-refractivity contribution is 6.20. The molecule has 1 aliphatic heterocycles. The molecule has 2 heterocycles. The van der Waals surface area contributed by atoms with E-state index in [0.717, 1.165) is 19.3 Å². The topological polar surface area (TPSA) is 137 Å². The zero-order valence-corrected chi connectivity index (χ0v) is 23.8. The van der Waals surface area contributed by atoms with Crippen molar-refractivity contribution in [1.29, 1.82) is 0 Å². The molecule has 4 N–H and O–H groups in total. The van der Waals surface area contributed by atoms with Crippen molar-refractivity contribution in [2.24, 2.45) is 5.41 Å². The first kappa shape index (κ1) is 29.8. The van der Waals surface area contributed by atoms with Crippen LogP contribution in [0.1, 0.15) is 68.6 Å². The van der Waals surface area contributed by atoms with Gasteiger partial charge < -0.3 is 30.5 Å². The number of piperidine rings is 1. The molecule has 0 spiro atoms. The van der Waals surface area contributed by atoms with Gasteiger partial charge in [-0.05, 0) is 58.2 Å². The zero-order chi connectivity index (χ0) is 29.1. The minimum Gasteiger partial charge on any atom is -0.389 e. The Labute approximate surface area is 238 Å². The van der Waals surface area contributed by atoms with E-state index >= 15 is 0 Å². The number of aryl methyl sites for hydroxylation is 1. The Morgan fingerprint density at radius 3 is 2.58 bits per heavy atom. The van der Waals surface area contributed by atoms with Crippen molar-refractivity contribution in [3.05, 3.63) is 41.5 Å². The summed E-state index contributed by atoms with van der Waals surface area (Å²) in [5.41, 5.74) is -1.02. The normalized spacial score (nSPS) is 21.0. The number of halogens is 2. The number of alkyl halides is 1. The van der Waals surface area contributed by atoms with Crippen LogP contribution < -0.4 is 20.9 Å². The van der Waals surface area contributed by atoms with Crippen LogP contribution in [0.25, 0.3) is 0 Å². The van der Waals surface area contributed by atoms with Crippen LogP contribution >= 0.6 is 11.6 Å². The van der Waals surface area contributed by atoms with Gasteiger partial charge in [-0.3, -0.25) is 14.4 Å². The number of rotatable bonds is 8. The molecular formula is C28H37ClFN5O5. The van der Waals surface area contributed by atoms with Crippen molar-refractivity contribution in [3.63, 3.8) is 0 Å². The lowest BCUT2D eigenvalue weighted by Crippen LogP contribution is -2.64. The number of hydrogen-bond acceptors (Lipinski definition) is 7. The van der Waals surface area contributed by atoms with E-state index in [1.165, 1.54) is 18.2 Å². The van der Waals surface area contributed by atoms with E-state index in [0.29, 0.717) is 37.3 Å². The van der Waals surface area contributed by atoms with Crippen molar-refractivity contribution >= 4 is 40.7 Å². The molecule has 1 aromatic heterocycles. The summed E-state index contributed by atoms with van der Waals surface area (Å²) < 4.78 is 19.1. The summed E-state index contributed by atoms with van der Waals surface area (Å²) in [5.74, 6) is -1.09. The lowest BCUT2D eigenvalue weighted by molar-refractivity contribution is -0.130. The van der Waals surface area contributed by atoms with Crippen molar-refractivity contribution in [2.75, 3.05) is 29.2 Å². The second-order valence-electron chi connectivity index (χ2n) is 11.4. The van der Waals surface area contributed by atoms with Crippen LogP contribution in [0.2, 0.25) is 0 Å². The number of nitrogens with zero attached hydrogens (tertiary/aromatic N) is 2. The fraction of sp³-hybridized carbons (Fsp3) is 0.571. The molecule has 218 valence electrons. The molecule has 1 aliphatic carbocycles. The summed E-state index contributed by atoms with van der Waals surface area (Å²) in [4.78, 5) is 41.0. The maximum atomic E-state index is 14.1. The summed E-state index contributed by atoms with van der Waals surface area (Å²) in [6, 6.07) is 5.06. The molecule has 2 unspecified atom stereocenters. The average Bonchev–Trinajstić information content (AvgIpc) is 3.37. The van der Waals surface area contributed by atoms with Crippen LogP contribution in [-0.2, 0) is 9.59 Å². The number of nitrogens with one attached hydrogen (secondary N) is 3. The van der Waals surface area contributed by atoms with Gasteiger partial charge in [0.15, 0.2) is 5.69 Å². The Morgan fingerprint density at radius 1 is 1.23 bits per heavy atom. The molecule has 4 rings (SSSR count). The van der Waals surface area contributed by atoms with E-state index in [2.05, 4.69) is 21.1 Å². The van der Waals surface area contributed by atoms with Crippen LogP contribution in [0.15, 0.2) is 28.8 Å². The number of aromatic nitrogens is 1. The van der Waals surface area contributed by atoms with Gasteiger partial charge >= 0.3 is 0 Å². The molecule has 2 atom stereocenters. The summed E-state index contributed by atoms with van der Waals surface area (Å²) >= 11 is 5.93. The fourth-order valence-electron chi connectivity index (χ4n) is 5.18. The minimum atomic E-state index is -1.11. The Bertz CT molecular complexity index is 1250. The Kier molecular flexibility index (Phi) is 9.04. The molecule has 1 saturated heterocycles. The highest BCUT2D eigenvalue weighted by Crippen LogP contribution is 2.33. The molecule has 10 nitrogen and oxygen atoms in total. The molecule has 1 aromatic carbocycles.